The summed E-state index contributed by atoms with van der Waals surface area (Å²) in [4.78, 5) is 24.3. The molecule has 0 heterocycles. The number of rotatable bonds is 5. The molecule has 142 valence electrons. The zero-order valence-corrected chi connectivity index (χ0v) is 17.1. The lowest BCUT2D eigenvalue weighted by atomic mass is 9.76. The van der Waals surface area contributed by atoms with Crippen LogP contribution in [0.4, 0.5) is 4.79 Å². The summed E-state index contributed by atoms with van der Waals surface area (Å²) in [7, 11) is 4.59. The van der Waals surface area contributed by atoms with Gasteiger partial charge in [0.25, 0.3) is 0 Å². The first-order valence-electron chi connectivity index (χ1n) is 8.36. The molecule has 0 aromatic carbocycles. The Balaban J connectivity index is 2.53. The summed E-state index contributed by atoms with van der Waals surface area (Å²) in [6.45, 7) is 4.20. The lowest BCUT2D eigenvalue weighted by molar-refractivity contribution is -0.118. The first-order valence-corrected chi connectivity index (χ1v) is 10.7. The average Bonchev–Trinajstić information content (AvgIpc) is 2.61. The van der Waals surface area contributed by atoms with Gasteiger partial charge in [-0.15, -0.1) is 0 Å². The Kier molecular flexibility index (Phi) is 7.67. The maximum absolute atomic E-state index is 12.6. The van der Waals surface area contributed by atoms with Crippen molar-refractivity contribution < 1.29 is 19.4 Å². The first kappa shape index (κ1) is 21.2. The molecule has 0 aromatic rings. The minimum Gasteiger partial charge on any atom is -0.453 e. The summed E-state index contributed by atoms with van der Waals surface area (Å²) in [5, 5.41) is 14.1. The van der Waals surface area contributed by atoms with Crippen molar-refractivity contribution in [1.29, 1.82) is 0 Å². The summed E-state index contributed by atoms with van der Waals surface area (Å²) in [5.74, 6) is 11.5. The molecule has 0 saturated heterocycles. The number of alkyl carbamates (subject to hydrolysis) is 1. The van der Waals surface area contributed by atoms with Crippen LogP contribution in [0.15, 0.2) is 35.1 Å². The predicted molar refractivity (Wildman–Crippen MR) is 110 cm³/mol. The fraction of sp³-hybridized carbons (Fsp3) is 0.400. The number of ether oxygens (including phenoxy) is 1. The zero-order valence-electron chi connectivity index (χ0n) is 15.4. The number of ketones is 1. The van der Waals surface area contributed by atoms with Crippen LogP contribution in [0.1, 0.15) is 26.7 Å². The van der Waals surface area contributed by atoms with Gasteiger partial charge in [-0.1, -0.05) is 65.2 Å². The topological polar surface area (TPSA) is 75.6 Å². The molecule has 0 radical (unpaired) electrons. The van der Waals surface area contributed by atoms with E-state index in [1.54, 1.807) is 33.7 Å². The van der Waals surface area contributed by atoms with Gasteiger partial charge < -0.3 is 9.84 Å². The Labute approximate surface area is 167 Å². The number of aliphatic hydroxyl groups is 1. The lowest BCUT2D eigenvalue weighted by Crippen LogP contribution is -2.42. The second-order valence-electron chi connectivity index (χ2n) is 6.08. The zero-order chi connectivity index (χ0) is 19.9. The van der Waals surface area contributed by atoms with Crippen molar-refractivity contribution in [1.82, 2.24) is 5.32 Å². The van der Waals surface area contributed by atoms with Gasteiger partial charge >= 0.3 is 6.09 Å². The minimum atomic E-state index is -1.61. The maximum Gasteiger partial charge on any atom is 0.411 e. The van der Waals surface area contributed by atoms with Gasteiger partial charge in [0.2, 0.25) is 0 Å². The molecular weight excluding hydrogens is 382 g/mol. The predicted octanol–water partition coefficient (Wildman–Crippen LogP) is 2.98. The molecule has 0 aliphatic heterocycles. The molecule has 5 nitrogen and oxygen atoms in total. The van der Waals surface area contributed by atoms with Gasteiger partial charge in [0.1, 0.15) is 0 Å². The van der Waals surface area contributed by atoms with E-state index in [1.807, 2.05) is 6.08 Å². The van der Waals surface area contributed by atoms with Crippen molar-refractivity contribution in [3.63, 3.8) is 0 Å². The second kappa shape index (κ2) is 9.75. The van der Waals surface area contributed by atoms with Gasteiger partial charge in [0, 0.05) is 17.4 Å². The molecule has 2 aliphatic carbocycles. The summed E-state index contributed by atoms with van der Waals surface area (Å²) < 4.78 is 4.62. The van der Waals surface area contributed by atoms with Crippen LogP contribution in [-0.4, -0.2) is 40.7 Å². The summed E-state index contributed by atoms with van der Waals surface area (Å²) in [6, 6.07) is 0. The second-order valence-corrected chi connectivity index (χ2v) is 9.07. The number of carbonyl (C=O) groups is 2. The number of hydrogen-bond acceptors (Lipinski definition) is 6. The lowest BCUT2D eigenvalue weighted by Gasteiger charge is -2.33. The number of carbonyl (C=O) groups excluding carboxylic acids is 2. The Hall–Kier alpha value is -2.06. The molecule has 0 aromatic heterocycles. The Morgan fingerprint density at radius 1 is 1.44 bits per heavy atom. The van der Waals surface area contributed by atoms with Gasteiger partial charge in [-0.2, -0.15) is 0 Å². The van der Waals surface area contributed by atoms with Crippen molar-refractivity contribution in [2.24, 2.45) is 0 Å². The Morgan fingerprint density at radius 2 is 2.19 bits per heavy atom. The van der Waals surface area contributed by atoms with E-state index in [1.165, 1.54) is 7.11 Å². The van der Waals surface area contributed by atoms with E-state index in [2.05, 4.69) is 47.6 Å². The van der Waals surface area contributed by atoms with Crippen LogP contribution in [0.5, 0.6) is 0 Å². The number of amides is 1. The van der Waals surface area contributed by atoms with Crippen LogP contribution >= 0.6 is 21.6 Å². The van der Waals surface area contributed by atoms with E-state index < -0.39 is 17.5 Å². The third-order valence-electron chi connectivity index (χ3n) is 3.69. The van der Waals surface area contributed by atoms with Gasteiger partial charge in [-0.25, -0.2) is 4.79 Å². The van der Waals surface area contributed by atoms with Crippen molar-refractivity contribution >= 4 is 33.5 Å². The SMILES string of the molecule is COC(=O)NC1=C2CC#C/C=C\C#C[C@](O)(CC1=O)/C2=C/CSSC(C)C. The molecule has 2 bridgehead atoms. The Bertz CT molecular complexity index is 834. The fourth-order valence-corrected chi connectivity index (χ4v) is 4.43. The standard InChI is InChI=1S/C20H21NO4S2/c1-14(2)27-26-12-10-16-15-9-7-5-4-6-8-11-20(16,24)13-17(22)18(15)21-19(23)25-3/h4,6,10,14,24H,9,12-13H2,1-3H3,(H,21,23)/b6-4-,16-10+/t20-/m0/s1. The van der Waals surface area contributed by atoms with Gasteiger partial charge in [0.05, 0.1) is 19.2 Å². The molecule has 7 heteroatoms. The fourth-order valence-electron chi connectivity index (χ4n) is 2.59. The first-order chi connectivity index (χ1) is 12.9. The van der Waals surface area contributed by atoms with Crippen LogP contribution in [-0.2, 0) is 9.53 Å². The molecule has 1 amide bonds. The van der Waals surface area contributed by atoms with Crippen molar-refractivity contribution in [2.75, 3.05) is 12.9 Å². The van der Waals surface area contributed by atoms with Gasteiger partial charge in [-0.3, -0.25) is 10.1 Å². The molecule has 0 unspecified atom stereocenters. The van der Waals surface area contributed by atoms with Crippen LogP contribution < -0.4 is 5.32 Å². The molecule has 0 spiro atoms. The van der Waals surface area contributed by atoms with E-state index in [0.717, 1.165) is 0 Å². The third kappa shape index (κ3) is 5.71. The number of methoxy groups -OCH3 is 1. The average molecular weight is 404 g/mol. The number of hydrogen-bond donors (Lipinski definition) is 2. The molecule has 27 heavy (non-hydrogen) atoms. The van der Waals surface area contributed by atoms with Gasteiger partial charge in [-0.05, 0) is 23.3 Å². The number of Topliss-reactive ketones (excluding diaryl/α,β-unsaturated/α-hetero) is 1. The van der Waals surface area contributed by atoms with Crippen LogP contribution in [0, 0.1) is 23.7 Å². The molecule has 1 atom stereocenters. The van der Waals surface area contributed by atoms with Crippen LogP contribution in [0.2, 0.25) is 0 Å². The molecule has 2 rings (SSSR count). The molecule has 2 aliphatic rings. The monoisotopic (exact) mass is 403 g/mol. The van der Waals surface area contributed by atoms with Crippen LogP contribution in [0.3, 0.4) is 0 Å². The minimum absolute atomic E-state index is 0.111. The quantitative estimate of drug-likeness (QED) is 0.418. The highest BCUT2D eigenvalue weighted by molar-refractivity contribution is 8.77. The molecular formula is C20H21NO4S2. The van der Waals surface area contributed by atoms with Crippen molar-refractivity contribution in [2.45, 2.75) is 37.5 Å². The summed E-state index contributed by atoms with van der Waals surface area (Å²) in [5.41, 5.74) is -0.506. The number of allylic oxidation sites excluding steroid dienone is 3. The highest BCUT2D eigenvalue weighted by Crippen LogP contribution is 2.38. The van der Waals surface area contributed by atoms with E-state index in [9.17, 15) is 14.7 Å². The van der Waals surface area contributed by atoms with E-state index in [4.69, 9.17) is 0 Å². The number of nitrogens with one attached hydrogen (secondary N) is 1. The molecule has 0 fully saturated rings. The van der Waals surface area contributed by atoms with E-state index >= 15 is 0 Å². The smallest absolute Gasteiger partial charge is 0.411 e. The molecule has 0 saturated carbocycles. The van der Waals surface area contributed by atoms with E-state index in [0.29, 0.717) is 22.1 Å². The Morgan fingerprint density at radius 3 is 2.89 bits per heavy atom. The van der Waals surface area contributed by atoms with Crippen LogP contribution in [0.25, 0.3) is 0 Å². The van der Waals surface area contributed by atoms with Gasteiger partial charge in [0.15, 0.2) is 11.4 Å². The highest BCUT2D eigenvalue weighted by atomic mass is 33.1. The normalized spacial score (nSPS) is 23.9. The number of fused-ring (bicyclic) bond motifs is 2. The molecule has 2 N–H and O–H groups in total. The summed E-state index contributed by atoms with van der Waals surface area (Å²) >= 11 is 0. The van der Waals surface area contributed by atoms with Crippen molar-refractivity contribution in [3.05, 3.63) is 35.1 Å². The highest BCUT2D eigenvalue weighted by Gasteiger charge is 2.42. The largest absolute Gasteiger partial charge is 0.453 e. The summed E-state index contributed by atoms with van der Waals surface area (Å²) in [6.07, 6.45) is 4.23. The van der Waals surface area contributed by atoms with E-state index in [-0.39, 0.29) is 18.5 Å². The van der Waals surface area contributed by atoms with Crippen molar-refractivity contribution in [3.8, 4) is 23.7 Å². The maximum atomic E-state index is 12.6. The third-order valence-corrected chi connectivity index (χ3v) is 6.49.